The summed E-state index contributed by atoms with van der Waals surface area (Å²) in [6.45, 7) is 10.5. The maximum atomic E-state index is 3.61. The number of rotatable bonds is 9. The van der Waals surface area contributed by atoms with Crippen LogP contribution in [-0.4, -0.2) is 61.7 Å². The molecule has 1 N–H and O–H groups in total. The molecule has 2 unspecified atom stereocenters. The van der Waals surface area contributed by atoms with Crippen molar-refractivity contribution < 1.29 is 0 Å². The van der Waals surface area contributed by atoms with Crippen molar-refractivity contribution in [3.63, 3.8) is 0 Å². The molecule has 0 aromatic rings. The Labute approximate surface area is 108 Å². The van der Waals surface area contributed by atoms with Gasteiger partial charge in [0.05, 0.1) is 0 Å². The van der Waals surface area contributed by atoms with Crippen molar-refractivity contribution in [2.75, 3.05) is 33.7 Å². The van der Waals surface area contributed by atoms with Gasteiger partial charge in [-0.1, -0.05) is 6.92 Å². The first-order chi connectivity index (χ1) is 8.04. The summed E-state index contributed by atoms with van der Waals surface area (Å²) in [5.41, 5.74) is 0. The molecule has 1 aliphatic carbocycles. The molecule has 3 heteroatoms. The second-order valence-electron chi connectivity index (χ2n) is 5.81. The fourth-order valence-electron chi connectivity index (χ4n) is 2.64. The van der Waals surface area contributed by atoms with E-state index in [0.717, 1.165) is 19.1 Å². The topological polar surface area (TPSA) is 18.5 Å². The number of nitrogens with one attached hydrogen (secondary N) is 1. The Balaban J connectivity index is 2.25. The summed E-state index contributed by atoms with van der Waals surface area (Å²) in [4.78, 5) is 4.90. The quantitative estimate of drug-likeness (QED) is 0.664. The van der Waals surface area contributed by atoms with Crippen molar-refractivity contribution in [3.8, 4) is 0 Å². The Morgan fingerprint density at radius 1 is 1.18 bits per heavy atom. The lowest BCUT2D eigenvalue weighted by molar-refractivity contribution is 0.130. The zero-order chi connectivity index (χ0) is 12.8. The van der Waals surface area contributed by atoms with Gasteiger partial charge in [-0.05, 0) is 60.3 Å². The van der Waals surface area contributed by atoms with Crippen molar-refractivity contribution >= 4 is 0 Å². The molecule has 17 heavy (non-hydrogen) atoms. The summed E-state index contributed by atoms with van der Waals surface area (Å²) in [6.07, 6.45) is 4.05. The number of hydrogen-bond acceptors (Lipinski definition) is 3. The lowest BCUT2D eigenvalue weighted by atomic mass is 10.1. The molecule has 0 bridgehead atoms. The van der Waals surface area contributed by atoms with Crippen molar-refractivity contribution in [3.05, 3.63) is 0 Å². The van der Waals surface area contributed by atoms with Gasteiger partial charge >= 0.3 is 0 Å². The van der Waals surface area contributed by atoms with Crippen LogP contribution in [0, 0.1) is 0 Å². The van der Waals surface area contributed by atoms with E-state index in [1.165, 1.54) is 25.8 Å². The molecule has 1 aliphatic rings. The zero-order valence-electron chi connectivity index (χ0n) is 12.4. The molecule has 2 atom stereocenters. The Morgan fingerprint density at radius 3 is 2.29 bits per heavy atom. The SMILES string of the molecule is CCN(C(C)CCNC1CC1)C(C)CN(C)C. The van der Waals surface area contributed by atoms with Gasteiger partial charge in [0.25, 0.3) is 0 Å². The molecule has 0 aliphatic heterocycles. The second-order valence-corrected chi connectivity index (χ2v) is 5.81. The van der Waals surface area contributed by atoms with Gasteiger partial charge in [0, 0.05) is 24.7 Å². The molecule has 1 fully saturated rings. The van der Waals surface area contributed by atoms with Gasteiger partial charge in [-0.3, -0.25) is 4.90 Å². The van der Waals surface area contributed by atoms with E-state index < -0.39 is 0 Å². The lowest BCUT2D eigenvalue weighted by Crippen LogP contribution is -2.45. The third kappa shape index (κ3) is 5.84. The van der Waals surface area contributed by atoms with E-state index in [2.05, 4.69) is 50.0 Å². The fraction of sp³-hybridized carbons (Fsp3) is 1.00. The maximum absolute atomic E-state index is 3.61. The average molecular weight is 241 g/mol. The van der Waals surface area contributed by atoms with Gasteiger partial charge in [-0.25, -0.2) is 0 Å². The minimum Gasteiger partial charge on any atom is -0.314 e. The second kappa shape index (κ2) is 7.34. The molecular weight excluding hydrogens is 210 g/mol. The summed E-state index contributed by atoms with van der Waals surface area (Å²) >= 11 is 0. The summed E-state index contributed by atoms with van der Waals surface area (Å²) in [7, 11) is 4.31. The van der Waals surface area contributed by atoms with E-state index in [4.69, 9.17) is 0 Å². The Morgan fingerprint density at radius 2 is 1.82 bits per heavy atom. The first kappa shape index (κ1) is 14.9. The highest BCUT2D eigenvalue weighted by molar-refractivity contribution is 4.82. The van der Waals surface area contributed by atoms with E-state index in [9.17, 15) is 0 Å². The molecule has 1 saturated carbocycles. The van der Waals surface area contributed by atoms with Gasteiger partial charge in [-0.2, -0.15) is 0 Å². The van der Waals surface area contributed by atoms with E-state index >= 15 is 0 Å². The highest BCUT2D eigenvalue weighted by Gasteiger charge is 2.22. The normalized spacial score (nSPS) is 19.9. The van der Waals surface area contributed by atoms with Crippen LogP contribution in [0.25, 0.3) is 0 Å². The smallest absolute Gasteiger partial charge is 0.0197 e. The van der Waals surface area contributed by atoms with Crippen LogP contribution in [0.4, 0.5) is 0 Å². The molecule has 0 heterocycles. The molecule has 0 spiro atoms. The summed E-state index contributed by atoms with van der Waals surface area (Å²) in [5, 5.41) is 3.61. The van der Waals surface area contributed by atoms with Gasteiger partial charge in [-0.15, -0.1) is 0 Å². The van der Waals surface area contributed by atoms with E-state index in [1.54, 1.807) is 0 Å². The number of likely N-dealkylation sites (N-methyl/N-ethyl adjacent to an activating group) is 2. The molecule has 0 amide bonds. The summed E-state index contributed by atoms with van der Waals surface area (Å²) in [5.74, 6) is 0. The minimum absolute atomic E-state index is 0.644. The van der Waals surface area contributed by atoms with Crippen LogP contribution >= 0.6 is 0 Å². The predicted molar refractivity (Wildman–Crippen MR) is 75.5 cm³/mol. The standard InChI is InChI=1S/C14H31N3/c1-6-17(13(3)11-16(4)5)12(2)9-10-15-14-7-8-14/h12-15H,6-11H2,1-5H3. The Bertz CT molecular complexity index is 202. The highest BCUT2D eigenvalue weighted by atomic mass is 15.2. The van der Waals surface area contributed by atoms with Crippen molar-refractivity contribution in [2.24, 2.45) is 0 Å². The Kier molecular flexibility index (Phi) is 6.45. The molecule has 3 nitrogen and oxygen atoms in total. The van der Waals surface area contributed by atoms with Gasteiger partial charge < -0.3 is 10.2 Å². The zero-order valence-corrected chi connectivity index (χ0v) is 12.4. The molecule has 0 aromatic carbocycles. The monoisotopic (exact) mass is 241 g/mol. The summed E-state index contributed by atoms with van der Waals surface area (Å²) < 4.78 is 0. The van der Waals surface area contributed by atoms with Crippen molar-refractivity contribution in [1.82, 2.24) is 15.1 Å². The largest absolute Gasteiger partial charge is 0.314 e. The molecular formula is C14H31N3. The molecule has 0 saturated heterocycles. The van der Waals surface area contributed by atoms with Crippen LogP contribution in [0.2, 0.25) is 0 Å². The molecule has 1 rings (SSSR count). The van der Waals surface area contributed by atoms with Gasteiger partial charge in [0.2, 0.25) is 0 Å². The van der Waals surface area contributed by atoms with E-state index in [0.29, 0.717) is 12.1 Å². The van der Waals surface area contributed by atoms with Crippen LogP contribution in [0.1, 0.15) is 40.0 Å². The minimum atomic E-state index is 0.644. The Hall–Kier alpha value is -0.120. The van der Waals surface area contributed by atoms with Crippen molar-refractivity contribution in [1.29, 1.82) is 0 Å². The van der Waals surface area contributed by atoms with E-state index in [1.807, 2.05) is 0 Å². The molecule has 102 valence electrons. The van der Waals surface area contributed by atoms with Gasteiger partial charge in [0.15, 0.2) is 0 Å². The van der Waals surface area contributed by atoms with Crippen LogP contribution in [0.3, 0.4) is 0 Å². The molecule has 0 aromatic heterocycles. The third-order valence-corrected chi connectivity index (χ3v) is 3.70. The fourth-order valence-corrected chi connectivity index (χ4v) is 2.64. The maximum Gasteiger partial charge on any atom is 0.0197 e. The first-order valence-corrected chi connectivity index (χ1v) is 7.18. The summed E-state index contributed by atoms with van der Waals surface area (Å²) in [6, 6.07) is 2.17. The number of hydrogen-bond donors (Lipinski definition) is 1. The first-order valence-electron chi connectivity index (χ1n) is 7.18. The highest BCUT2D eigenvalue weighted by Crippen LogP contribution is 2.18. The predicted octanol–water partition coefficient (Wildman–Crippen LogP) is 1.79. The lowest BCUT2D eigenvalue weighted by Gasteiger charge is -2.35. The van der Waals surface area contributed by atoms with Gasteiger partial charge in [0.1, 0.15) is 0 Å². The van der Waals surface area contributed by atoms with Crippen LogP contribution in [-0.2, 0) is 0 Å². The van der Waals surface area contributed by atoms with Crippen LogP contribution in [0.15, 0.2) is 0 Å². The van der Waals surface area contributed by atoms with Crippen LogP contribution in [0.5, 0.6) is 0 Å². The van der Waals surface area contributed by atoms with Crippen LogP contribution < -0.4 is 5.32 Å². The molecule has 0 radical (unpaired) electrons. The number of nitrogens with zero attached hydrogens (tertiary/aromatic N) is 2. The van der Waals surface area contributed by atoms with E-state index in [-0.39, 0.29) is 0 Å². The van der Waals surface area contributed by atoms with Crippen molar-refractivity contribution in [2.45, 2.75) is 58.2 Å². The third-order valence-electron chi connectivity index (χ3n) is 3.70. The average Bonchev–Trinajstić information content (AvgIpc) is 3.01.